The summed E-state index contributed by atoms with van der Waals surface area (Å²) in [6.45, 7) is 4.27. The molecule has 3 aliphatic rings. The lowest BCUT2D eigenvalue weighted by molar-refractivity contribution is 0.0504. The van der Waals surface area contributed by atoms with Crippen LogP contribution in [0.5, 0.6) is 0 Å². The summed E-state index contributed by atoms with van der Waals surface area (Å²) in [5.74, 6) is 0.0873. The molecule has 2 saturated heterocycles. The van der Waals surface area contributed by atoms with Crippen molar-refractivity contribution in [3.05, 3.63) is 88.7 Å². The van der Waals surface area contributed by atoms with Crippen molar-refractivity contribution >= 4 is 11.9 Å². The molecule has 2 bridgehead atoms. The van der Waals surface area contributed by atoms with Crippen molar-refractivity contribution < 1.29 is 14.3 Å². The topological polar surface area (TPSA) is 59.5 Å². The summed E-state index contributed by atoms with van der Waals surface area (Å²) in [6.07, 6.45) is 4.76. The molecule has 2 atom stereocenters. The Balaban J connectivity index is 1.15. The molecule has 178 valence electrons. The summed E-state index contributed by atoms with van der Waals surface area (Å²) in [6, 6.07) is 18.9. The van der Waals surface area contributed by atoms with E-state index in [2.05, 4.69) is 41.4 Å². The minimum atomic E-state index is -0.241. The van der Waals surface area contributed by atoms with Crippen molar-refractivity contribution in [2.75, 3.05) is 6.61 Å². The highest BCUT2D eigenvalue weighted by atomic mass is 16.6. The SMILES string of the molecule is Cc1cnc(C(=O)C2CC3CCC(C2)N3C(=O)OCC2c3ccccc3-c3ccccc32)c(C)c1. The number of Topliss-reactive ketones (excluding diaryl/α,β-unsaturated/α-hetero) is 1. The predicted octanol–water partition coefficient (Wildman–Crippen LogP) is 6.07. The molecule has 1 aliphatic carbocycles. The number of hydrogen-bond acceptors (Lipinski definition) is 4. The number of ketones is 1. The van der Waals surface area contributed by atoms with E-state index in [4.69, 9.17) is 4.74 Å². The lowest BCUT2D eigenvalue weighted by Crippen LogP contribution is -2.48. The molecule has 2 aromatic carbocycles. The van der Waals surface area contributed by atoms with Crippen molar-refractivity contribution in [2.24, 2.45) is 5.92 Å². The average molecular weight is 467 g/mol. The highest BCUT2D eigenvalue weighted by Crippen LogP contribution is 2.45. The van der Waals surface area contributed by atoms with Gasteiger partial charge in [-0.25, -0.2) is 4.79 Å². The maximum Gasteiger partial charge on any atom is 0.410 e. The van der Waals surface area contributed by atoms with E-state index in [0.29, 0.717) is 25.1 Å². The van der Waals surface area contributed by atoms with Gasteiger partial charge in [-0.3, -0.25) is 9.78 Å². The van der Waals surface area contributed by atoms with Crippen molar-refractivity contribution in [3.63, 3.8) is 0 Å². The second-order valence-electron chi connectivity index (χ2n) is 10.3. The van der Waals surface area contributed by atoms with Crippen molar-refractivity contribution in [2.45, 2.75) is 57.5 Å². The Bertz CT molecular complexity index is 1260. The number of piperidine rings is 1. The van der Waals surface area contributed by atoms with Gasteiger partial charge >= 0.3 is 6.09 Å². The van der Waals surface area contributed by atoms with E-state index in [1.807, 2.05) is 36.9 Å². The molecule has 0 radical (unpaired) electrons. The van der Waals surface area contributed by atoms with Gasteiger partial charge in [0.05, 0.1) is 0 Å². The number of hydrogen-bond donors (Lipinski definition) is 0. The van der Waals surface area contributed by atoms with Crippen molar-refractivity contribution in [1.29, 1.82) is 0 Å². The quantitative estimate of drug-likeness (QED) is 0.438. The molecular weight excluding hydrogens is 436 g/mol. The Morgan fingerprint density at radius 3 is 2.14 bits per heavy atom. The Morgan fingerprint density at radius 2 is 1.54 bits per heavy atom. The maximum atomic E-state index is 13.3. The number of benzene rings is 2. The van der Waals surface area contributed by atoms with Crippen molar-refractivity contribution in [1.82, 2.24) is 9.88 Å². The van der Waals surface area contributed by atoms with E-state index in [1.165, 1.54) is 22.3 Å². The number of pyridine rings is 1. The highest BCUT2D eigenvalue weighted by molar-refractivity contribution is 5.97. The Labute approximate surface area is 206 Å². The molecule has 2 fully saturated rings. The molecule has 6 rings (SSSR count). The van der Waals surface area contributed by atoms with Crippen LogP contribution in [0.25, 0.3) is 11.1 Å². The van der Waals surface area contributed by atoms with Crippen LogP contribution in [0, 0.1) is 19.8 Å². The van der Waals surface area contributed by atoms with Gasteiger partial charge in [-0.1, -0.05) is 54.6 Å². The second-order valence-corrected chi connectivity index (χ2v) is 10.3. The van der Waals surface area contributed by atoms with E-state index in [1.54, 1.807) is 6.20 Å². The van der Waals surface area contributed by atoms with Crippen LogP contribution >= 0.6 is 0 Å². The molecule has 1 aromatic heterocycles. The van der Waals surface area contributed by atoms with E-state index in [-0.39, 0.29) is 35.8 Å². The molecule has 5 heteroatoms. The molecule has 35 heavy (non-hydrogen) atoms. The summed E-state index contributed by atoms with van der Waals surface area (Å²) < 4.78 is 5.96. The third-order valence-electron chi connectivity index (χ3n) is 8.10. The number of amides is 1. The zero-order valence-electron chi connectivity index (χ0n) is 20.2. The van der Waals surface area contributed by atoms with Gasteiger partial charge in [0.25, 0.3) is 0 Å². The zero-order valence-corrected chi connectivity index (χ0v) is 20.2. The van der Waals surface area contributed by atoms with Gasteiger partial charge in [-0.2, -0.15) is 0 Å². The summed E-state index contributed by atoms with van der Waals surface area (Å²) in [5.41, 5.74) is 7.46. The predicted molar refractivity (Wildman–Crippen MR) is 134 cm³/mol. The minimum Gasteiger partial charge on any atom is -0.448 e. The molecule has 0 saturated carbocycles. The summed E-state index contributed by atoms with van der Waals surface area (Å²) in [4.78, 5) is 32.9. The fraction of sp³-hybridized carbons (Fsp3) is 0.367. The van der Waals surface area contributed by atoms with Crippen molar-refractivity contribution in [3.8, 4) is 11.1 Å². The molecule has 2 aliphatic heterocycles. The first-order valence-corrected chi connectivity index (χ1v) is 12.6. The van der Waals surface area contributed by atoms with Gasteiger partial charge in [-0.05, 0) is 72.9 Å². The van der Waals surface area contributed by atoms with Crippen LogP contribution < -0.4 is 0 Å². The lowest BCUT2D eigenvalue weighted by Gasteiger charge is -2.37. The van der Waals surface area contributed by atoms with Gasteiger partial charge < -0.3 is 9.64 Å². The van der Waals surface area contributed by atoms with Crippen LogP contribution in [0.1, 0.15) is 64.3 Å². The number of fused-ring (bicyclic) bond motifs is 5. The molecule has 2 unspecified atom stereocenters. The highest BCUT2D eigenvalue weighted by Gasteiger charge is 2.46. The number of rotatable bonds is 4. The normalized spacial score (nSPS) is 22.6. The standard InChI is InChI=1S/C30H30N2O3/c1-18-13-19(2)28(31-16-18)29(33)20-14-21-11-12-22(15-20)32(21)30(34)35-17-27-25-9-5-3-7-23(25)24-8-4-6-10-26(24)27/h3-10,13,16,20-22,27H,11-12,14-15,17H2,1-2H3. The number of carbonyl (C=O) groups excluding carboxylic acids is 2. The van der Waals surface area contributed by atoms with Gasteiger partial charge in [0.1, 0.15) is 12.3 Å². The second kappa shape index (κ2) is 8.63. The van der Waals surface area contributed by atoms with Crippen LogP contribution in [0.2, 0.25) is 0 Å². The Morgan fingerprint density at radius 1 is 0.943 bits per heavy atom. The first-order valence-electron chi connectivity index (χ1n) is 12.6. The molecule has 1 amide bonds. The molecular formula is C30H30N2O3. The molecule has 0 N–H and O–H groups in total. The van der Waals surface area contributed by atoms with Gasteiger partial charge in [0.15, 0.2) is 5.78 Å². The number of aromatic nitrogens is 1. The fourth-order valence-electron chi connectivity index (χ4n) is 6.52. The maximum absolute atomic E-state index is 13.3. The van der Waals surface area contributed by atoms with Crippen LogP contribution in [0.4, 0.5) is 4.79 Å². The number of ether oxygens (including phenoxy) is 1. The average Bonchev–Trinajstić information content (AvgIpc) is 3.33. The summed E-state index contributed by atoms with van der Waals surface area (Å²) in [7, 11) is 0. The van der Waals surface area contributed by atoms with E-state index >= 15 is 0 Å². The largest absolute Gasteiger partial charge is 0.448 e. The summed E-state index contributed by atoms with van der Waals surface area (Å²) in [5, 5.41) is 0. The first-order chi connectivity index (χ1) is 17.0. The molecule has 5 nitrogen and oxygen atoms in total. The zero-order chi connectivity index (χ0) is 24.1. The first kappa shape index (κ1) is 22.0. The van der Waals surface area contributed by atoms with Crippen LogP contribution in [-0.4, -0.2) is 40.5 Å². The Hall–Kier alpha value is -3.47. The van der Waals surface area contributed by atoms with Gasteiger partial charge in [0.2, 0.25) is 0 Å². The number of aryl methyl sites for hydroxylation is 2. The third-order valence-corrected chi connectivity index (χ3v) is 8.10. The number of carbonyl (C=O) groups is 2. The van der Waals surface area contributed by atoms with Gasteiger partial charge in [-0.15, -0.1) is 0 Å². The monoisotopic (exact) mass is 466 g/mol. The van der Waals surface area contributed by atoms with E-state index < -0.39 is 0 Å². The fourth-order valence-corrected chi connectivity index (χ4v) is 6.52. The van der Waals surface area contributed by atoms with Crippen LogP contribution in [0.3, 0.4) is 0 Å². The minimum absolute atomic E-state index is 0.0544. The van der Waals surface area contributed by atoms with E-state index in [0.717, 1.165) is 24.0 Å². The van der Waals surface area contributed by atoms with Gasteiger partial charge in [0, 0.05) is 30.1 Å². The Kier molecular flexibility index (Phi) is 5.43. The third kappa shape index (κ3) is 3.74. The molecule has 3 aromatic rings. The smallest absolute Gasteiger partial charge is 0.410 e. The van der Waals surface area contributed by atoms with Crippen LogP contribution in [0.15, 0.2) is 60.8 Å². The summed E-state index contributed by atoms with van der Waals surface area (Å²) >= 11 is 0. The molecule has 0 spiro atoms. The molecule has 3 heterocycles. The van der Waals surface area contributed by atoms with Crippen LogP contribution in [-0.2, 0) is 4.74 Å². The van der Waals surface area contributed by atoms with E-state index in [9.17, 15) is 9.59 Å². The number of nitrogens with zero attached hydrogens (tertiary/aromatic N) is 2. The lowest BCUT2D eigenvalue weighted by atomic mass is 9.85.